The number of nitro groups is 1. The summed E-state index contributed by atoms with van der Waals surface area (Å²) in [6.45, 7) is 4.91. The number of aryl methyl sites for hydroxylation is 2. The van der Waals surface area contributed by atoms with Gasteiger partial charge >= 0.3 is 0 Å². The topological polar surface area (TPSA) is 106 Å². The fraction of sp³-hybridized carbons (Fsp3) is 0.238. The lowest BCUT2D eigenvalue weighted by molar-refractivity contribution is -0.384. The molecule has 0 aliphatic rings. The third-order valence-electron chi connectivity index (χ3n) is 4.61. The number of nitro benzene ring substituents is 1. The lowest BCUT2D eigenvalue weighted by atomic mass is 10.1. The first-order chi connectivity index (χ1) is 14.4. The number of thiazole rings is 1. The largest absolute Gasteiger partial charge is 0.383 e. The first kappa shape index (κ1) is 21.4. The van der Waals surface area contributed by atoms with Gasteiger partial charge in [-0.05, 0) is 43.2 Å². The monoisotopic (exact) mass is 426 g/mol. The molecule has 2 aromatic carbocycles. The van der Waals surface area contributed by atoms with Crippen molar-refractivity contribution in [3.8, 4) is 11.3 Å². The Morgan fingerprint density at radius 3 is 2.70 bits per heavy atom. The molecule has 0 aliphatic heterocycles. The number of nitrogens with one attached hydrogen (secondary N) is 2. The van der Waals surface area contributed by atoms with Crippen molar-refractivity contribution in [2.24, 2.45) is 0 Å². The molecule has 3 rings (SSSR count). The second kappa shape index (κ2) is 9.47. The molecule has 1 aromatic heterocycles. The summed E-state index contributed by atoms with van der Waals surface area (Å²) in [5.74, 6) is -0.456. The van der Waals surface area contributed by atoms with Crippen molar-refractivity contribution in [3.63, 3.8) is 0 Å². The fourth-order valence-electron chi connectivity index (χ4n) is 2.79. The molecule has 1 heterocycles. The predicted molar refractivity (Wildman–Crippen MR) is 118 cm³/mol. The van der Waals surface area contributed by atoms with Gasteiger partial charge in [0.15, 0.2) is 5.13 Å². The average molecular weight is 426 g/mol. The number of ether oxygens (including phenoxy) is 1. The van der Waals surface area contributed by atoms with Gasteiger partial charge in [0.05, 0.1) is 17.2 Å². The first-order valence-corrected chi connectivity index (χ1v) is 10.1. The van der Waals surface area contributed by atoms with E-state index in [-0.39, 0.29) is 11.3 Å². The summed E-state index contributed by atoms with van der Waals surface area (Å²) < 4.78 is 4.94. The molecule has 8 nitrogen and oxygen atoms in total. The average Bonchev–Trinajstić information content (AvgIpc) is 3.18. The van der Waals surface area contributed by atoms with E-state index in [1.807, 2.05) is 31.4 Å². The quantitative estimate of drug-likeness (QED) is 0.309. The van der Waals surface area contributed by atoms with E-state index in [1.54, 1.807) is 7.11 Å². The number of anilines is 2. The van der Waals surface area contributed by atoms with E-state index in [4.69, 9.17) is 4.74 Å². The summed E-state index contributed by atoms with van der Waals surface area (Å²) >= 11 is 1.30. The van der Waals surface area contributed by atoms with Crippen LogP contribution in [0.5, 0.6) is 0 Å². The van der Waals surface area contributed by atoms with Crippen LogP contribution in [-0.2, 0) is 4.74 Å². The normalized spacial score (nSPS) is 10.6. The summed E-state index contributed by atoms with van der Waals surface area (Å²) in [5, 5.41) is 19.3. The zero-order chi connectivity index (χ0) is 21.7. The van der Waals surface area contributed by atoms with Crippen LogP contribution >= 0.6 is 11.3 Å². The summed E-state index contributed by atoms with van der Waals surface area (Å²) in [6, 6.07) is 10.4. The Kier molecular flexibility index (Phi) is 6.76. The molecular weight excluding hydrogens is 404 g/mol. The Morgan fingerprint density at radius 2 is 2.00 bits per heavy atom. The molecule has 156 valence electrons. The maximum Gasteiger partial charge on any atom is 0.293 e. The van der Waals surface area contributed by atoms with Crippen LogP contribution in [-0.4, -0.2) is 36.1 Å². The van der Waals surface area contributed by atoms with Crippen LogP contribution in [0.2, 0.25) is 0 Å². The molecule has 0 saturated carbocycles. The summed E-state index contributed by atoms with van der Waals surface area (Å²) in [7, 11) is 1.55. The van der Waals surface area contributed by atoms with Crippen molar-refractivity contribution in [3.05, 3.63) is 68.6 Å². The van der Waals surface area contributed by atoms with Crippen LogP contribution in [0.25, 0.3) is 11.3 Å². The number of methoxy groups -OCH3 is 1. The van der Waals surface area contributed by atoms with Gasteiger partial charge in [-0.1, -0.05) is 12.1 Å². The Hall–Kier alpha value is -3.30. The van der Waals surface area contributed by atoms with Crippen LogP contribution in [0, 0.1) is 24.0 Å². The number of carbonyl (C=O) groups is 1. The molecule has 30 heavy (non-hydrogen) atoms. The van der Waals surface area contributed by atoms with Crippen LogP contribution in [0.3, 0.4) is 0 Å². The van der Waals surface area contributed by atoms with Crippen molar-refractivity contribution in [2.45, 2.75) is 13.8 Å². The standard InChI is InChI=1S/C21H22N4O4S/c1-13-4-5-15(10-14(13)2)18-12-30-21(23-18)24-20(26)16-6-7-17(22-8-9-29-3)19(11-16)25(27)28/h4-7,10-12,22H,8-9H2,1-3H3,(H,23,24,26). The fourth-order valence-corrected chi connectivity index (χ4v) is 3.51. The van der Waals surface area contributed by atoms with Gasteiger partial charge in [0, 0.05) is 36.2 Å². The molecule has 9 heteroatoms. The van der Waals surface area contributed by atoms with Gasteiger partial charge < -0.3 is 10.1 Å². The Morgan fingerprint density at radius 1 is 1.20 bits per heavy atom. The third-order valence-corrected chi connectivity index (χ3v) is 5.36. The number of hydrogen-bond acceptors (Lipinski definition) is 7. The highest BCUT2D eigenvalue weighted by Gasteiger charge is 2.18. The zero-order valence-corrected chi connectivity index (χ0v) is 17.7. The van der Waals surface area contributed by atoms with Crippen molar-refractivity contribution < 1.29 is 14.5 Å². The molecule has 3 aromatic rings. The number of hydrogen-bond donors (Lipinski definition) is 2. The van der Waals surface area contributed by atoms with Gasteiger partial charge in [-0.3, -0.25) is 20.2 Å². The van der Waals surface area contributed by atoms with Gasteiger partial charge in [0.1, 0.15) is 5.69 Å². The van der Waals surface area contributed by atoms with Crippen LogP contribution in [0.4, 0.5) is 16.5 Å². The number of benzene rings is 2. The molecule has 0 bridgehead atoms. The van der Waals surface area contributed by atoms with Gasteiger partial charge in [-0.15, -0.1) is 11.3 Å². The van der Waals surface area contributed by atoms with Crippen LogP contribution in [0.15, 0.2) is 41.8 Å². The lowest BCUT2D eigenvalue weighted by Crippen LogP contribution is -2.13. The molecule has 0 saturated heterocycles. The van der Waals surface area contributed by atoms with Crippen molar-refractivity contribution in [2.75, 3.05) is 30.9 Å². The summed E-state index contributed by atoms with van der Waals surface area (Å²) in [6.07, 6.45) is 0. The van der Waals surface area contributed by atoms with Crippen molar-refractivity contribution in [1.82, 2.24) is 4.98 Å². The molecule has 0 fully saturated rings. The van der Waals surface area contributed by atoms with E-state index in [9.17, 15) is 14.9 Å². The zero-order valence-electron chi connectivity index (χ0n) is 16.9. The second-order valence-corrected chi connectivity index (χ2v) is 7.56. The minimum atomic E-state index is -0.521. The van der Waals surface area contributed by atoms with Gasteiger partial charge in [-0.25, -0.2) is 4.98 Å². The number of carbonyl (C=O) groups excluding carboxylic acids is 1. The van der Waals surface area contributed by atoms with E-state index < -0.39 is 10.8 Å². The summed E-state index contributed by atoms with van der Waals surface area (Å²) in [5.41, 5.74) is 4.44. The smallest absolute Gasteiger partial charge is 0.293 e. The van der Waals surface area contributed by atoms with Gasteiger partial charge in [-0.2, -0.15) is 0 Å². The molecular formula is C21H22N4O4S. The molecule has 0 atom stereocenters. The van der Waals surface area contributed by atoms with Gasteiger partial charge in [0.2, 0.25) is 0 Å². The maximum atomic E-state index is 12.6. The summed E-state index contributed by atoms with van der Waals surface area (Å²) in [4.78, 5) is 27.9. The van der Waals surface area contributed by atoms with E-state index in [2.05, 4.69) is 21.7 Å². The molecule has 2 N–H and O–H groups in total. The Labute approximate surface area is 178 Å². The van der Waals surface area contributed by atoms with E-state index in [1.165, 1.54) is 35.1 Å². The Balaban J connectivity index is 1.76. The number of amides is 1. The first-order valence-electron chi connectivity index (χ1n) is 9.25. The second-order valence-electron chi connectivity index (χ2n) is 6.70. The van der Waals surface area contributed by atoms with Gasteiger partial charge in [0.25, 0.3) is 11.6 Å². The molecule has 0 spiro atoms. The minimum absolute atomic E-state index is 0.172. The van der Waals surface area contributed by atoms with Crippen LogP contribution < -0.4 is 10.6 Å². The molecule has 0 radical (unpaired) electrons. The molecule has 1 amide bonds. The SMILES string of the molecule is COCCNc1ccc(C(=O)Nc2nc(-c3ccc(C)c(C)c3)cs2)cc1[N+](=O)[O-]. The van der Waals surface area contributed by atoms with Crippen LogP contribution in [0.1, 0.15) is 21.5 Å². The highest BCUT2D eigenvalue weighted by molar-refractivity contribution is 7.14. The van der Waals surface area contributed by atoms with E-state index in [0.717, 1.165) is 16.8 Å². The number of aromatic nitrogens is 1. The Bertz CT molecular complexity index is 1080. The maximum absolute atomic E-state index is 12.6. The van der Waals surface area contributed by atoms with E-state index in [0.29, 0.717) is 24.0 Å². The number of nitrogens with zero attached hydrogens (tertiary/aromatic N) is 2. The number of rotatable bonds is 8. The van der Waals surface area contributed by atoms with Crippen molar-refractivity contribution in [1.29, 1.82) is 0 Å². The highest BCUT2D eigenvalue weighted by Crippen LogP contribution is 2.28. The van der Waals surface area contributed by atoms with Crippen molar-refractivity contribution >= 4 is 33.8 Å². The third kappa shape index (κ3) is 5.00. The highest BCUT2D eigenvalue weighted by atomic mass is 32.1. The minimum Gasteiger partial charge on any atom is -0.383 e. The predicted octanol–water partition coefficient (Wildman–Crippen LogP) is 4.65. The van der Waals surface area contributed by atoms with E-state index >= 15 is 0 Å². The lowest BCUT2D eigenvalue weighted by Gasteiger charge is -2.08. The molecule has 0 unspecified atom stereocenters. The molecule has 0 aliphatic carbocycles.